The zero-order chi connectivity index (χ0) is 12.4. The van der Waals surface area contributed by atoms with Crippen molar-refractivity contribution in [3.63, 3.8) is 0 Å². The molecule has 6 nitrogen and oxygen atoms in total. The molecule has 0 bridgehead atoms. The number of halogens is 2. The second-order valence-electron chi connectivity index (χ2n) is 3.10. The van der Waals surface area contributed by atoms with Gasteiger partial charge in [0.2, 0.25) is 11.9 Å². The first-order valence-electron chi connectivity index (χ1n) is 4.44. The van der Waals surface area contributed by atoms with Crippen molar-refractivity contribution >= 4 is 17.6 Å². The maximum atomic E-state index is 13.2. The van der Waals surface area contributed by atoms with Gasteiger partial charge in [0.25, 0.3) is 0 Å². The SMILES string of the molecule is N#Cc1c(F)cc(Nc2n[nH]c(N)n2)cc1F. The fourth-order valence-corrected chi connectivity index (χ4v) is 1.21. The van der Waals surface area contributed by atoms with Crippen molar-refractivity contribution in [1.82, 2.24) is 15.2 Å². The highest BCUT2D eigenvalue weighted by atomic mass is 19.1. The predicted molar refractivity (Wildman–Crippen MR) is 55.2 cm³/mol. The van der Waals surface area contributed by atoms with Crippen molar-refractivity contribution in [3.8, 4) is 6.07 Å². The summed E-state index contributed by atoms with van der Waals surface area (Å²) in [6.45, 7) is 0. The molecule has 4 N–H and O–H groups in total. The number of hydrogen-bond acceptors (Lipinski definition) is 5. The van der Waals surface area contributed by atoms with Gasteiger partial charge in [-0.2, -0.15) is 10.2 Å². The Kier molecular flexibility index (Phi) is 2.58. The van der Waals surface area contributed by atoms with Crippen LogP contribution in [0.25, 0.3) is 0 Å². The van der Waals surface area contributed by atoms with Crippen LogP contribution in [0.2, 0.25) is 0 Å². The number of benzene rings is 1. The minimum absolute atomic E-state index is 0.0714. The van der Waals surface area contributed by atoms with Crippen molar-refractivity contribution in [1.29, 1.82) is 5.26 Å². The normalized spacial score (nSPS) is 9.94. The molecule has 17 heavy (non-hydrogen) atoms. The summed E-state index contributed by atoms with van der Waals surface area (Å²) in [5, 5.41) is 17.0. The van der Waals surface area contributed by atoms with Crippen LogP contribution in [0.5, 0.6) is 0 Å². The van der Waals surface area contributed by atoms with Crippen LogP contribution in [-0.2, 0) is 0 Å². The molecule has 0 aliphatic rings. The van der Waals surface area contributed by atoms with E-state index in [0.717, 1.165) is 12.1 Å². The van der Waals surface area contributed by atoms with Crippen LogP contribution >= 0.6 is 0 Å². The van der Waals surface area contributed by atoms with Gasteiger partial charge in [-0.25, -0.2) is 13.9 Å². The van der Waals surface area contributed by atoms with Crippen LogP contribution in [0, 0.1) is 23.0 Å². The number of nitrogens with two attached hydrogens (primary N) is 1. The van der Waals surface area contributed by atoms with E-state index in [-0.39, 0.29) is 17.6 Å². The summed E-state index contributed by atoms with van der Waals surface area (Å²) >= 11 is 0. The van der Waals surface area contributed by atoms with E-state index in [1.807, 2.05) is 0 Å². The van der Waals surface area contributed by atoms with Gasteiger partial charge in [0, 0.05) is 5.69 Å². The van der Waals surface area contributed by atoms with Gasteiger partial charge < -0.3 is 11.1 Å². The topological polar surface area (TPSA) is 103 Å². The van der Waals surface area contributed by atoms with E-state index in [1.165, 1.54) is 6.07 Å². The standard InChI is InChI=1S/C9H6F2N6/c10-6-1-4(2-7(11)5(6)3-12)14-9-15-8(13)16-17-9/h1-2H,(H4,13,14,15,16,17). The lowest BCUT2D eigenvalue weighted by molar-refractivity contribution is 0.578. The van der Waals surface area contributed by atoms with Crippen LogP contribution in [0.15, 0.2) is 12.1 Å². The number of nitriles is 1. The molecule has 86 valence electrons. The number of anilines is 3. The highest BCUT2D eigenvalue weighted by Crippen LogP contribution is 2.20. The third kappa shape index (κ3) is 2.12. The second-order valence-corrected chi connectivity index (χ2v) is 3.10. The number of nitrogen functional groups attached to an aromatic ring is 1. The van der Waals surface area contributed by atoms with Gasteiger partial charge in [0.1, 0.15) is 23.3 Å². The Morgan fingerprint density at radius 3 is 2.47 bits per heavy atom. The minimum Gasteiger partial charge on any atom is -0.368 e. The molecule has 0 aliphatic heterocycles. The van der Waals surface area contributed by atoms with E-state index in [4.69, 9.17) is 11.0 Å². The molecule has 0 saturated heterocycles. The van der Waals surface area contributed by atoms with E-state index in [0.29, 0.717) is 0 Å². The molecule has 0 unspecified atom stereocenters. The number of nitrogens with zero attached hydrogens (tertiary/aromatic N) is 3. The smallest absolute Gasteiger partial charge is 0.248 e. The molecule has 8 heteroatoms. The van der Waals surface area contributed by atoms with Gasteiger partial charge in [-0.15, -0.1) is 5.10 Å². The third-order valence-corrected chi connectivity index (χ3v) is 1.91. The lowest BCUT2D eigenvalue weighted by Gasteiger charge is -2.03. The number of H-pyrrole nitrogens is 1. The van der Waals surface area contributed by atoms with Gasteiger partial charge in [-0.1, -0.05) is 0 Å². The quantitative estimate of drug-likeness (QED) is 0.728. The van der Waals surface area contributed by atoms with Gasteiger partial charge >= 0.3 is 0 Å². The number of aromatic nitrogens is 3. The molecule has 0 atom stereocenters. The van der Waals surface area contributed by atoms with E-state index >= 15 is 0 Å². The first kappa shape index (κ1) is 10.8. The summed E-state index contributed by atoms with van der Waals surface area (Å²) in [4.78, 5) is 3.70. The first-order valence-corrected chi connectivity index (χ1v) is 4.44. The maximum Gasteiger partial charge on any atom is 0.248 e. The van der Waals surface area contributed by atoms with Crippen molar-refractivity contribution in [2.45, 2.75) is 0 Å². The number of aromatic amines is 1. The Morgan fingerprint density at radius 2 is 2.00 bits per heavy atom. The summed E-state index contributed by atoms with van der Waals surface area (Å²) in [6, 6.07) is 3.36. The van der Waals surface area contributed by atoms with E-state index in [1.54, 1.807) is 0 Å². The molecule has 2 rings (SSSR count). The fourth-order valence-electron chi connectivity index (χ4n) is 1.21. The zero-order valence-corrected chi connectivity index (χ0v) is 8.33. The maximum absolute atomic E-state index is 13.2. The minimum atomic E-state index is -0.960. The van der Waals surface area contributed by atoms with Crippen molar-refractivity contribution in [2.24, 2.45) is 0 Å². The van der Waals surface area contributed by atoms with Crippen LogP contribution < -0.4 is 11.1 Å². The molecule has 1 aromatic carbocycles. The highest BCUT2D eigenvalue weighted by molar-refractivity contribution is 5.56. The van der Waals surface area contributed by atoms with E-state index in [9.17, 15) is 8.78 Å². The summed E-state index contributed by atoms with van der Waals surface area (Å²) in [6.07, 6.45) is 0. The van der Waals surface area contributed by atoms with Gasteiger partial charge in [0.05, 0.1) is 0 Å². The summed E-state index contributed by atoms with van der Waals surface area (Å²) in [5.74, 6) is -1.77. The number of hydrogen-bond donors (Lipinski definition) is 3. The van der Waals surface area contributed by atoms with E-state index < -0.39 is 17.2 Å². The van der Waals surface area contributed by atoms with Gasteiger partial charge in [-0.05, 0) is 12.1 Å². The fraction of sp³-hybridized carbons (Fsp3) is 0. The molecule has 2 aromatic rings. The first-order chi connectivity index (χ1) is 8.10. The molecular weight excluding hydrogens is 230 g/mol. The lowest BCUT2D eigenvalue weighted by atomic mass is 10.2. The molecule has 1 heterocycles. The van der Waals surface area contributed by atoms with Crippen LogP contribution in [0.1, 0.15) is 5.56 Å². The molecule has 0 saturated carbocycles. The van der Waals surface area contributed by atoms with Crippen molar-refractivity contribution < 1.29 is 8.78 Å². The van der Waals surface area contributed by atoms with Crippen molar-refractivity contribution in [2.75, 3.05) is 11.1 Å². The number of rotatable bonds is 2. The van der Waals surface area contributed by atoms with Crippen molar-refractivity contribution in [3.05, 3.63) is 29.3 Å². The summed E-state index contributed by atoms with van der Waals surface area (Å²) in [7, 11) is 0. The average molecular weight is 236 g/mol. The molecule has 0 amide bonds. The Hall–Kier alpha value is -2.69. The Balaban J connectivity index is 2.32. The summed E-state index contributed by atoms with van der Waals surface area (Å²) < 4.78 is 26.5. The van der Waals surface area contributed by atoms with E-state index in [2.05, 4.69) is 20.5 Å². The van der Waals surface area contributed by atoms with Gasteiger partial charge in [-0.3, -0.25) is 0 Å². The summed E-state index contributed by atoms with van der Waals surface area (Å²) in [5.41, 5.74) is 4.72. The second kappa shape index (κ2) is 4.05. The highest BCUT2D eigenvalue weighted by Gasteiger charge is 2.11. The molecule has 1 aromatic heterocycles. The number of nitrogens with one attached hydrogen (secondary N) is 2. The lowest BCUT2D eigenvalue weighted by Crippen LogP contribution is -1.97. The molecule has 0 fully saturated rings. The van der Waals surface area contributed by atoms with Crippen LogP contribution in [0.3, 0.4) is 0 Å². The van der Waals surface area contributed by atoms with Crippen LogP contribution in [0.4, 0.5) is 26.4 Å². The molecule has 0 spiro atoms. The molecular formula is C9H6F2N6. The Labute approximate surface area is 94.1 Å². The van der Waals surface area contributed by atoms with Gasteiger partial charge in [0.15, 0.2) is 0 Å². The largest absolute Gasteiger partial charge is 0.368 e. The monoisotopic (exact) mass is 236 g/mol. The van der Waals surface area contributed by atoms with Crippen LogP contribution in [-0.4, -0.2) is 15.2 Å². The predicted octanol–water partition coefficient (Wildman–Crippen LogP) is 1.28. The molecule has 0 aliphatic carbocycles. The Morgan fingerprint density at radius 1 is 1.35 bits per heavy atom. The zero-order valence-electron chi connectivity index (χ0n) is 8.33. The average Bonchev–Trinajstić information content (AvgIpc) is 2.63. The Bertz CT molecular complexity index is 577. The molecule has 0 radical (unpaired) electrons. The third-order valence-electron chi connectivity index (χ3n) is 1.91.